The van der Waals surface area contributed by atoms with Crippen LogP contribution in [0.25, 0.3) is 0 Å². The first-order chi connectivity index (χ1) is 9.72. The predicted molar refractivity (Wildman–Crippen MR) is 83.6 cm³/mol. The van der Waals surface area contributed by atoms with Crippen LogP contribution in [-0.4, -0.2) is 16.3 Å². The molecule has 1 aromatic rings. The van der Waals surface area contributed by atoms with Crippen molar-refractivity contribution in [3.8, 4) is 0 Å². The third kappa shape index (κ3) is 3.97. The quantitative estimate of drug-likeness (QED) is 0.667. The van der Waals surface area contributed by atoms with E-state index in [1.807, 2.05) is 37.3 Å². The van der Waals surface area contributed by atoms with Crippen LogP contribution in [0.2, 0.25) is 0 Å². The third-order valence-corrected chi connectivity index (χ3v) is 4.84. The Balaban J connectivity index is 2.02. The fraction of sp³-hybridized carbons (Fsp3) is 0.471. The zero-order valence-electron chi connectivity index (χ0n) is 11.9. The summed E-state index contributed by atoms with van der Waals surface area (Å²) in [5.74, 6) is 0.246. The lowest BCUT2D eigenvalue weighted by atomic mass is 9.83. The monoisotopic (exact) mass is 290 g/mol. The summed E-state index contributed by atoms with van der Waals surface area (Å²) in [7, 11) is 0. The minimum absolute atomic E-state index is 0.0308. The molecule has 2 rings (SSSR count). The van der Waals surface area contributed by atoms with Crippen LogP contribution in [0.4, 0.5) is 0 Å². The summed E-state index contributed by atoms with van der Waals surface area (Å²) < 4.78 is 0. The molecule has 1 atom stereocenters. The van der Waals surface area contributed by atoms with Crippen molar-refractivity contribution in [2.75, 3.05) is 0 Å². The molecule has 108 valence electrons. The van der Waals surface area contributed by atoms with Crippen LogP contribution in [0.15, 0.2) is 46.9 Å². The minimum Gasteiger partial charge on any atom is -0.388 e. The van der Waals surface area contributed by atoms with Gasteiger partial charge in [-0.2, -0.15) is 0 Å². The fourth-order valence-electron chi connectivity index (χ4n) is 2.77. The van der Waals surface area contributed by atoms with E-state index in [1.54, 1.807) is 6.08 Å². The Kier molecular flexibility index (Phi) is 5.86. The summed E-state index contributed by atoms with van der Waals surface area (Å²) in [4.78, 5) is 13.3. The lowest BCUT2D eigenvalue weighted by molar-refractivity contribution is -0.109. The highest BCUT2D eigenvalue weighted by molar-refractivity contribution is 8.14. The van der Waals surface area contributed by atoms with Gasteiger partial charge >= 0.3 is 0 Å². The number of carbonyl (C=O) groups excluding carboxylic acids is 1. The summed E-state index contributed by atoms with van der Waals surface area (Å²) >= 11 is 1.20. The zero-order chi connectivity index (χ0) is 14.4. The second kappa shape index (κ2) is 7.65. The van der Waals surface area contributed by atoms with E-state index in [2.05, 4.69) is 0 Å². The Morgan fingerprint density at radius 2 is 1.90 bits per heavy atom. The summed E-state index contributed by atoms with van der Waals surface area (Å²) in [5.41, 5.74) is 0.561. The molecule has 0 aliphatic heterocycles. The molecular formula is C17H22O2S. The van der Waals surface area contributed by atoms with Crippen LogP contribution in [-0.2, 0) is 4.79 Å². The highest BCUT2D eigenvalue weighted by atomic mass is 32.2. The zero-order valence-corrected chi connectivity index (χ0v) is 12.7. The van der Waals surface area contributed by atoms with Crippen LogP contribution in [0.1, 0.15) is 39.0 Å². The number of hydrogen-bond acceptors (Lipinski definition) is 3. The van der Waals surface area contributed by atoms with Gasteiger partial charge in [-0.05, 0) is 49.6 Å². The minimum atomic E-state index is -0.607. The molecule has 0 heterocycles. The average molecular weight is 290 g/mol. The molecule has 0 saturated heterocycles. The molecule has 2 nitrogen and oxygen atoms in total. The second-order valence-corrected chi connectivity index (χ2v) is 6.34. The van der Waals surface area contributed by atoms with Crippen LogP contribution in [0, 0.1) is 5.92 Å². The van der Waals surface area contributed by atoms with E-state index in [0.29, 0.717) is 5.57 Å². The molecule has 0 amide bonds. The molecule has 20 heavy (non-hydrogen) atoms. The summed E-state index contributed by atoms with van der Waals surface area (Å²) in [6.07, 6.45) is 6.81. The molecule has 0 radical (unpaired) electrons. The van der Waals surface area contributed by atoms with E-state index in [0.717, 1.165) is 17.7 Å². The molecule has 1 N–H and O–H groups in total. The molecule has 1 unspecified atom stereocenters. The van der Waals surface area contributed by atoms with Crippen molar-refractivity contribution in [1.29, 1.82) is 0 Å². The van der Waals surface area contributed by atoms with Crippen molar-refractivity contribution >= 4 is 16.9 Å². The van der Waals surface area contributed by atoms with Crippen LogP contribution >= 0.6 is 11.8 Å². The highest BCUT2D eigenvalue weighted by Crippen LogP contribution is 2.32. The third-order valence-electron chi connectivity index (χ3n) is 3.92. The number of aliphatic hydroxyl groups excluding tert-OH is 1. The number of carbonyl (C=O) groups is 1. The molecule has 1 saturated carbocycles. The molecule has 3 heteroatoms. The van der Waals surface area contributed by atoms with E-state index in [4.69, 9.17) is 0 Å². The number of thioether (sulfide) groups is 1. The van der Waals surface area contributed by atoms with Crippen LogP contribution in [0.5, 0.6) is 0 Å². The van der Waals surface area contributed by atoms with Crippen molar-refractivity contribution in [3.63, 3.8) is 0 Å². The van der Waals surface area contributed by atoms with Crippen molar-refractivity contribution < 1.29 is 9.90 Å². The Morgan fingerprint density at radius 1 is 1.25 bits per heavy atom. The Morgan fingerprint density at radius 3 is 2.50 bits per heavy atom. The second-order valence-electron chi connectivity index (χ2n) is 5.29. The predicted octanol–water partition coefficient (Wildman–Crippen LogP) is 4.19. The number of benzene rings is 1. The molecule has 1 aliphatic carbocycles. The molecule has 1 fully saturated rings. The van der Waals surface area contributed by atoms with Crippen molar-refractivity contribution in [2.24, 2.45) is 5.92 Å². The standard InChI is InChI=1S/C17H22O2S/c1-2-15(16(18)13-9-5-3-6-10-13)17(19)20-14-11-7-4-8-12-14/h2,4,7-8,11-13,16,18H,3,5-6,9-10H2,1H3/b15-2-. The Hall–Kier alpha value is -1.06. The number of aliphatic hydroxyl groups is 1. The van der Waals surface area contributed by atoms with Gasteiger partial charge in [-0.1, -0.05) is 43.5 Å². The van der Waals surface area contributed by atoms with Crippen molar-refractivity contribution in [1.82, 2.24) is 0 Å². The Bertz CT molecular complexity index is 461. The van der Waals surface area contributed by atoms with Gasteiger partial charge in [0.2, 0.25) is 5.12 Å². The first kappa shape index (κ1) is 15.3. The first-order valence-corrected chi connectivity index (χ1v) is 8.15. The van der Waals surface area contributed by atoms with E-state index >= 15 is 0 Å². The molecule has 1 aromatic carbocycles. The molecule has 0 spiro atoms. The topological polar surface area (TPSA) is 37.3 Å². The maximum absolute atomic E-state index is 12.4. The van der Waals surface area contributed by atoms with Crippen LogP contribution in [0.3, 0.4) is 0 Å². The number of rotatable bonds is 4. The SMILES string of the molecule is C/C=C(\C(=O)Sc1ccccc1)C(O)C1CCCCC1. The summed E-state index contributed by atoms with van der Waals surface area (Å²) in [6, 6.07) is 9.61. The Labute approximate surface area is 125 Å². The van der Waals surface area contributed by atoms with E-state index in [9.17, 15) is 9.90 Å². The van der Waals surface area contributed by atoms with Crippen LogP contribution < -0.4 is 0 Å². The van der Waals surface area contributed by atoms with E-state index in [-0.39, 0.29) is 11.0 Å². The van der Waals surface area contributed by atoms with Gasteiger partial charge in [-0.15, -0.1) is 0 Å². The fourth-order valence-corrected chi connectivity index (χ4v) is 3.63. The summed E-state index contributed by atoms with van der Waals surface area (Å²) in [5, 5.41) is 10.4. The van der Waals surface area contributed by atoms with Crippen molar-refractivity contribution in [3.05, 3.63) is 42.0 Å². The first-order valence-electron chi connectivity index (χ1n) is 7.34. The maximum Gasteiger partial charge on any atom is 0.222 e. The van der Waals surface area contributed by atoms with Gasteiger partial charge in [0.25, 0.3) is 0 Å². The van der Waals surface area contributed by atoms with Gasteiger partial charge in [0.05, 0.1) is 6.10 Å². The average Bonchev–Trinajstić information content (AvgIpc) is 2.49. The maximum atomic E-state index is 12.4. The molecular weight excluding hydrogens is 268 g/mol. The number of allylic oxidation sites excluding steroid dienone is 1. The summed E-state index contributed by atoms with van der Waals surface area (Å²) in [6.45, 7) is 1.84. The van der Waals surface area contributed by atoms with Crippen molar-refractivity contribution in [2.45, 2.75) is 50.0 Å². The smallest absolute Gasteiger partial charge is 0.222 e. The normalized spacial score (nSPS) is 18.8. The lowest BCUT2D eigenvalue weighted by Crippen LogP contribution is -2.27. The van der Waals surface area contributed by atoms with E-state index in [1.165, 1.54) is 31.0 Å². The van der Waals surface area contributed by atoms with Gasteiger partial charge in [-0.25, -0.2) is 0 Å². The molecule has 0 aromatic heterocycles. The van der Waals surface area contributed by atoms with Gasteiger partial charge in [-0.3, -0.25) is 4.79 Å². The molecule has 1 aliphatic rings. The van der Waals surface area contributed by atoms with Gasteiger partial charge < -0.3 is 5.11 Å². The van der Waals surface area contributed by atoms with Gasteiger partial charge in [0.1, 0.15) is 0 Å². The molecule has 0 bridgehead atoms. The largest absolute Gasteiger partial charge is 0.388 e. The van der Waals surface area contributed by atoms with Gasteiger partial charge in [0.15, 0.2) is 0 Å². The van der Waals surface area contributed by atoms with E-state index < -0.39 is 6.10 Å². The lowest BCUT2D eigenvalue weighted by Gasteiger charge is -2.27. The van der Waals surface area contributed by atoms with Gasteiger partial charge in [0, 0.05) is 10.5 Å². The number of hydrogen-bond donors (Lipinski definition) is 1. The highest BCUT2D eigenvalue weighted by Gasteiger charge is 2.28.